The predicted molar refractivity (Wildman–Crippen MR) is 56.4 cm³/mol. The van der Waals surface area contributed by atoms with Crippen LogP contribution in [0, 0.1) is 0 Å². The van der Waals surface area contributed by atoms with E-state index in [1.807, 2.05) is 0 Å². The molecule has 2 atom stereocenters. The van der Waals surface area contributed by atoms with Crippen molar-refractivity contribution >= 4 is 9.84 Å². The normalized spacial score (nSPS) is 15.9. The lowest BCUT2D eigenvalue weighted by Gasteiger charge is -2.20. The molecule has 84 valence electrons. The monoisotopic (exact) mass is 230 g/mol. The summed E-state index contributed by atoms with van der Waals surface area (Å²) in [7, 11) is -3.17. The molecule has 0 aromatic carbocycles. The van der Waals surface area contributed by atoms with Crippen molar-refractivity contribution in [1.82, 2.24) is 15.4 Å². The summed E-state index contributed by atoms with van der Waals surface area (Å²) in [5.41, 5.74) is 2.95. The summed E-state index contributed by atoms with van der Waals surface area (Å²) in [6.07, 6.45) is 5.67. The zero-order valence-corrected chi connectivity index (χ0v) is 9.40. The van der Waals surface area contributed by atoms with Gasteiger partial charge in [-0.2, -0.15) is 0 Å². The van der Waals surface area contributed by atoms with Crippen LogP contribution in [-0.4, -0.2) is 29.9 Å². The van der Waals surface area contributed by atoms with Gasteiger partial charge in [0.25, 0.3) is 0 Å². The highest BCUT2D eigenvalue weighted by molar-refractivity contribution is 7.91. The third kappa shape index (κ3) is 2.95. The number of hydrogen-bond donors (Lipinski definition) is 2. The summed E-state index contributed by atoms with van der Waals surface area (Å²) in [6.45, 7) is 1.58. The summed E-state index contributed by atoms with van der Waals surface area (Å²) in [6, 6.07) is -0.548. The van der Waals surface area contributed by atoms with Crippen LogP contribution in [0.15, 0.2) is 18.6 Å². The van der Waals surface area contributed by atoms with Gasteiger partial charge in [-0.1, -0.05) is 0 Å². The zero-order chi connectivity index (χ0) is 11.5. The molecule has 0 saturated heterocycles. The Morgan fingerprint density at radius 1 is 1.47 bits per heavy atom. The largest absolute Gasteiger partial charge is 0.271 e. The minimum absolute atomic E-state index is 0.512. The quantitative estimate of drug-likeness (QED) is 0.530. The Hall–Kier alpha value is -1.05. The fraction of sp³-hybridized carbons (Fsp3) is 0.500. The van der Waals surface area contributed by atoms with E-state index in [1.165, 1.54) is 24.8 Å². The second-order valence-corrected chi connectivity index (χ2v) is 5.71. The summed E-state index contributed by atoms with van der Waals surface area (Å²) in [4.78, 5) is 7.88. The van der Waals surface area contributed by atoms with E-state index in [0.29, 0.717) is 5.69 Å². The van der Waals surface area contributed by atoms with E-state index in [2.05, 4.69) is 15.4 Å². The predicted octanol–water partition coefficient (Wildman–Crippen LogP) is -0.586. The van der Waals surface area contributed by atoms with Crippen LogP contribution in [0.2, 0.25) is 0 Å². The number of nitrogens with two attached hydrogens (primary N) is 1. The molecule has 1 rings (SSSR count). The van der Waals surface area contributed by atoms with Crippen molar-refractivity contribution in [2.75, 3.05) is 6.26 Å². The Bertz CT molecular complexity index is 406. The molecule has 0 aliphatic carbocycles. The van der Waals surface area contributed by atoms with Crippen molar-refractivity contribution in [2.45, 2.75) is 18.2 Å². The van der Waals surface area contributed by atoms with Crippen molar-refractivity contribution in [3.63, 3.8) is 0 Å². The molecule has 0 amide bonds. The van der Waals surface area contributed by atoms with Gasteiger partial charge in [0.2, 0.25) is 0 Å². The molecule has 0 fully saturated rings. The molecule has 2 unspecified atom stereocenters. The van der Waals surface area contributed by atoms with Crippen LogP contribution in [-0.2, 0) is 9.84 Å². The van der Waals surface area contributed by atoms with Crippen LogP contribution in [0.1, 0.15) is 18.7 Å². The molecule has 7 heteroatoms. The Balaban J connectivity index is 3.01. The van der Waals surface area contributed by atoms with Gasteiger partial charge in [-0.3, -0.25) is 21.2 Å². The molecule has 1 heterocycles. The van der Waals surface area contributed by atoms with E-state index in [4.69, 9.17) is 5.84 Å². The first-order valence-electron chi connectivity index (χ1n) is 4.37. The second kappa shape index (κ2) is 4.65. The maximum atomic E-state index is 11.4. The molecule has 15 heavy (non-hydrogen) atoms. The van der Waals surface area contributed by atoms with E-state index < -0.39 is 21.1 Å². The van der Waals surface area contributed by atoms with E-state index in [9.17, 15) is 8.42 Å². The van der Waals surface area contributed by atoms with Crippen LogP contribution in [0.3, 0.4) is 0 Å². The molecule has 1 aromatic heterocycles. The zero-order valence-electron chi connectivity index (χ0n) is 8.58. The van der Waals surface area contributed by atoms with Gasteiger partial charge < -0.3 is 0 Å². The van der Waals surface area contributed by atoms with E-state index >= 15 is 0 Å². The highest BCUT2D eigenvalue weighted by atomic mass is 32.2. The maximum Gasteiger partial charge on any atom is 0.152 e. The average molecular weight is 230 g/mol. The minimum Gasteiger partial charge on any atom is -0.271 e. The second-order valence-electron chi connectivity index (χ2n) is 3.31. The first-order chi connectivity index (χ1) is 6.96. The van der Waals surface area contributed by atoms with Gasteiger partial charge in [0.05, 0.1) is 23.2 Å². The smallest absolute Gasteiger partial charge is 0.152 e. The van der Waals surface area contributed by atoms with Gasteiger partial charge in [0, 0.05) is 18.6 Å². The fourth-order valence-electron chi connectivity index (χ4n) is 1.18. The number of aromatic nitrogens is 2. The topological polar surface area (TPSA) is 98.0 Å². The average Bonchev–Trinajstić information content (AvgIpc) is 2.19. The summed E-state index contributed by atoms with van der Waals surface area (Å²) in [5, 5.41) is -0.654. The first kappa shape index (κ1) is 12.0. The molecule has 0 aliphatic rings. The molecular weight excluding hydrogens is 216 g/mol. The third-order valence-electron chi connectivity index (χ3n) is 2.23. The van der Waals surface area contributed by atoms with Crippen LogP contribution < -0.4 is 11.3 Å². The fourth-order valence-corrected chi connectivity index (χ4v) is 1.89. The number of hydrogen-bond acceptors (Lipinski definition) is 6. The Morgan fingerprint density at radius 2 is 2.13 bits per heavy atom. The van der Waals surface area contributed by atoms with Crippen molar-refractivity contribution in [2.24, 2.45) is 5.84 Å². The molecule has 0 radical (unpaired) electrons. The Labute approximate surface area is 88.8 Å². The lowest BCUT2D eigenvalue weighted by molar-refractivity contribution is 0.503. The van der Waals surface area contributed by atoms with Gasteiger partial charge in [0.15, 0.2) is 9.84 Å². The summed E-state index contributed by atoms with van der Waals surface area (Å²) < 4.78 is 22.7. The number of nitrogens with zero attached hydrogens (tertiary/aromatic N) is 2. The molecule has 1 aromatic rings. The standard InChI is InChI=1S/C8H14N4O2S/c1-6(15(2,13)14)8(12-9)7-5-10-3-4-11-7/h3-6,8,12H,9H2,1-2H3. The van der Waals surface area contributed by atoms with Crippen LogP contribution in [0.5, 0.6) is 0 Å². The summed E-state index contributed by atoms with van der Waals surface area (Å²) in [5.74, 6) is 5.32. The number of rotatable bonds is 4. The van der Waals surface area contributed by atoms with Crippen LogP contribution in [0.25, 0.3) is 0 Å². The van der Waals surface area contributed by atoms with Crippen LogP contribution >= 0.6 is 0 Å². The van der Waals surface area contributed by atoms with Crippen molar-refractivity contribution in [1.29, 1.82) is 0 Å². The highest BCUT2D eigenvalue weighted by Crippen LogP contribution is 2.17. The molecular formula is C8H14N4O2S. The molecule has 6 nitrogen and oxygen atoms in total. The van der Waals surface area contributed by atoms with Crippen molar-refractivity contribution < 1.29 is 8.42 Å². The SMILES string of the molecule is CC(C(NN)c1cnccn1)S(C)(=O)=O. The molecule has 0 spiro atoms. The summed E-state index contributed by atoms with van der Waals surface area (Å²) >= 11 is 0. The number of nitrogens with one attached hydrogen (secondary N) is 1. The minimum atomic E-state index is -3.17. The number of hydrazine groups is 1. The number of sulfone groups is 1. The van der Waals surface area contributed by atoms with E-state index in [0.717, 1.165) is 0 Å². The highest BCUT2D eigenvalue weighted by Gasteiger charge is 2.27. The van der Waals surface area contributed by atoms with Gasteiger partial charge in [-0.25, -0.2) is 8.42 Å². The van der Waals surface area contributed by atoms with Gasteiger partial charge in [0.1, 0.15) is 0 Å². The van der Waals surface area contributed by atoms with Crippen molar-refractivity contribution in [3.05, 3.63) is 24.3 Å². The molecule has 3 N–H and O–H groups in total. The van der Waals surface area contributed by atoms with Gasteiger partial charge in [-0.15, -0.1) is 0 Å². The molecule has 0 saturated carbocycles. The Kier molecular flexibility index (Phi) is 3.72. The van der Waals surface area contributed by atoms with E-state index in [1.54, 1.807) is 6.92 Å². The lowest BCUT2D eigenvalue weighted by Crippen LogP contribution is -2.39. The first-order valence-corrected chi connectivity index (χ1v) is 6.33. The molecule has 0 aliphatic heterocycles. The van der Waals surface area contributed by atoms with Gasteiger partial charge in [-0.05, 0) is 6.92 Å². The third-order valence-corrected chi connectivity index (χ3v) is 3.85. The maximum absolute atomic E-state index is 11.4. The van der Waals surface area contributed by atoms with Gasteiger partial charge >= 0.3 is 0 Å². The van der Waals surface area contributed by atoms with Crippen LogP contribution in [0.4, 0.5) is 0 Å². The molecule has 0 bridgehead atoms. The van der Waals surface area contributed by atoms with E-state index in [-0.39, 0.29) is 0 Å². The Morgan fingerprint density at radius 3 is 2.53 bits per heavy atom. The lowest BCUT2D eigenvalue weighted by atomic mass is 10.2. The van der Waals surface area contributed by atoms with Crippen molar-refractivity contribution in [3.8, 4) is 0 Å².